The van der Waals surface area contributed by atoms with Gasteiger partial charge in [-0.25, -0.2) is 4.98 Å². The second-order valence-corrected chi connectivity index (χ2v) is 8.23. The normalized spacial score (nSPS) is 10.9. The van der Waals surface area contributed by atoms with Gasteiger partial charge in [-0.1, -0.05) is 48.5 Å². The minimum absolute atomic E-state index is 0.0512. The number of esters is 1. The van der Waals surface area contributed by atoms with Gasteiger partial charge in [-0.2, -0.15) is 0 Å². The van der Waals surface area contributed by atoms with Crippen molar-refractivity contribution in [1.29, 1.82) is 0 Å². The molecular formula is C25H22N2O4S. The van der Waals surface area contributed by atoms with Crippen molar-refractivity contribution in [1.82, 2.24) is 10.3 Å². The number of hydrogen-bond donors (Lipinski definition) is 1. The van der Waals surface area contributed by atoms with Crippen molar-refractivity contribution in [2.75, 3.05) is 6.54 Å². The smallest absolute Gasteiger partial charge is 0.307 e. The molecule has 0 aliphatic heterocycles. The van der Waals surface area contributed by atoms with Crippen LogP contribution in [0.5, 0.6) is 0 Å². The first kappa shape index (κ1) is 21.6. The fourth-order valence-corrected chi connectivity index (χ4v) is 4.18. The highest BCUT2D eigenvalue weighted by atomic mass is 32.1. The van der Waals surface area contributed by atoms with E-state index in [-0.39, 0.29) is 44.1 Å². The Morgan fingerprint density at radius 1 is 0.844 bits per heavy atom. The summed E-state index contributed by atoms with van der Waals surface area (Å²) >= 11 is 1.36. The molecule has 0 saturated carbocycles. The number of hydrogen-bond acceptors (Lipinski definition) is 6. The molecule has 32 heavy (non-hydrogen) atoms. The summed E-state index contributed by atoms with van der Waals surface area (Å²) in [7, 11) is 0. The molecule has 2 aromatic carbocycles. The summed E-state index contributed by atoms with van der Waals surface area (Å²) < 4.78 is 5.41. The van der Waals surface area contributed by atoms with E-state index < -0.39 is 5.97 Å². The topological polar surface area (TPSA) is 85.4 Å². The summed E-state index contributed by atoms with van der Waals surface area (Å²) in [4.78, 5) is 41.3. The molecule has 7 heteroatoms. The minimum Gasteiger partial charge on any atom is -0.459 e. The maximum Gasteiger partial charge on any atom is 0.307 e. The summed E-state index contributed by atoms with van der Waals surface area (Å²) in [6.45, 7) is 0.226. The molecule has 1 N–H and O–H groups in total. The van der Waals surface area contributed by atoms with E-state index in [0.717, 1.165) is 21.7 Å². The largest absolute Gasteiger partial charge is 0.459 e. The lowest BCUT2D eigenvalue weighted by Crippen LogP contribution is -2.26. The maximum atomic E-state index is 12.2. The number of amides is 1. The molecule has 1 amide bonds. The number of aromatic nitrogens is 1. The van der Waals surface area contributed by atoms with E-state index in [1.165, 1.54) is 11.3 Å². The molecule has 0 fully saturated rings. The van der Waals surface area contributed by atoms with E-state index in [2.05, 4.69) is 10.3 Å². The van der Waals surface area contributed by atoms with E-state index in [1.807, 2.05) is 53.9 Å². The molecule has 2 aromatic heterocycles. The van der Waals surface area contributed by atoms with Crippen molar-refractivity contribution >= 4 is 50.7 Å². The van der Waals surface area contributed by atoms with Crippen LogP contribution in [-0.2, 0) is 20.9 Å². The summed E-state index contributed by atoms with van der Waals surface area (Å²) in [5.74, 6) is -0.728. The van der Waals surface area contributed by atoms with E-state index in [4.69, 9.17) is 4.74 Å². The van der Waals surface area contributed by atoms with Crippen LogP contribution in [0.4, 0.5) is 0 Å². The van der Waals surface area contributed by atoms with Gasteiger partial charge in [-0.05, 0) is 22.9 Å². The van der Waals surface area contributed by atoms with Gasteiger partial charge in [-0.15, -0.1) is 11.3 Å². The quantitative estimate of drug-likeness (QED) is 0.230. The molecule has 0 bridgehead atoms. The lowest BCUT2D eigenvalue weighted by atomic mass is 10.0. The molecule has 6 nitrogen and oxygen atoms in total. The van der Waals surface area contributed by atoms with Crippen molar-refractivity contribution in [3.63, 3.8) is 0 Å². The van der Waals surface area contributed by atoms with Gasteiger partial charge in [0.1, 0.15) is 6.61 Å². The lowest BCUT2D eigenvalue weighted by Gasteiger charge is -2.10. The second-order valence-electron chi connectivity index (χ2n) is 7.28. The van der Waals surface area contributed by atoms with Gasteiger partial charge in [0.15, 0.2) is 5.78 Å². The Hall–Kier alpha value is -3.58. The Kier molecular flexibility index (Phi) is 6.87. The molecule has 162 valence electrons. The Morgan fingerprint density at radius 2 is 1.59 bits per heavy atom. The number of thiophene rings is 1. The molecule has 4 rings (SSSR count). The predicted molar refractivity (Wildman–Crippen MR) is 125 cm³/mol. The third kappa shape index (κ3) is 5.18. The number of para-hydroxylation sites is 1. The number of ketones is 1. The van der Waals surface area contributed by atoms with E-state index >= 15 is 0 Å². The molecule has 0 atom stereocenters. The van der Waals surface area contributed by atoms with Crippen molar-refractivity contribution < 1.29 is 19.1 Å². The number of carbonyl (C=O) groups is 3. The Labute approximate surface area is 189 Å². The van der Waals surface area contributed by atoms with Gasteiger partial charge in [-0.3, -0.25) is 14.4 Å². The molecule has 0 saturated heterocycles. The number of pyridine rings is 1. The highest BCUT2D eigenvalue weighted by Gasteiger charge is 2.12. The average molecular weight is 447 g/mol. The van der Waals surface area contributed by atoms with Crippen LogP contribution in [0.15, 0.2) is 66.0 Å². The van der Waals surface area contributed by atoms with Crippen LogP contribution in [0.1, 0.15) is 34.6 Å². The molecule has 0 aliphatic carbocycles. The predicted octanol–water partition coefficient (Wildman–Crippen LogP) is 4.66. The fraction of sp³-hybridized carbons (Fsp3) is 0.200. The molecule has 0 aliphatic rings. The Balaban J connectivity index is 1.26. The van der Waals surface area contributed by atoms with Gasteiger partial charge in [0.2, 0.25) is 5.91 Å². The van der Waals surface area contributed by atoms with Gasteiger partial charge in [0.05, 0.1) is 22.5 Å². The number of nitrogens with one attached hydrogen (secondary N) is 1. The van der Waals surface area contributed by atoms with Crippen LogP contribution in [0.3, 0.4) is 0 Å². The second kappa shape index (κ2) is 10.2. The highest BCUT2D eigenvalue weighted by Crippen LogP contribution is 2.26. The zero-order valence-electron chi connectivity index (χ0n) is 17.4. The van der Waals surface area contributed by atoms with E-state index in [9.17, 15) is 14.4 Å². The van der Waals surface area contributed by atoms with Crippen LogP contribution in [-0.4, -0.2) is 29.2 Å². The van der Waals surface area contributed by atoms with Gasteiger partial charge < -0.3 is 10.1 Å². The van der Waals surface area contributed by atoms with Crippen LogP contribution < -0.4 is 5.32 Å². The lowest BCUT2D eigenvalue weighted by molar-refractivity contribution is -0.144. The van der Waals surface area contributed by atoms with Gasteiger partial charge in [0.25, 0.3) is 0 Å². The first-order chi connectivity index (χ1) is 15.6. The first-order valence-corrected chi connectivity index (χ1v) is 11.2. The zero-order valence-corrected chi connectivity index (χ0v) is 18.2. The highest BCUT2D eigenvalue weighted by molar-refractivity contribution is 7.12. The number of carbonyl (C=O) groups excluding carboxylic acids is 3. The molecule has 0 radical (unpaired) electrons. The van der Waals surface area contributed by atoms with Crippen LogP contribution >= 0.6 is 11.3 Å². The van der Waals surface area contributed by atoms with Crippen LogP contribution in [0.2, 0.25) is 0 Å². The minimum atomic E-state index is -0.418. The fourth-order valence-electron chi connectivity index (χ4n) is 3.49. The van der Waals surface area contributed by atoms with Crippen molar-refractivity contribution in [2.24, 2.45) is 0 Å². The Bertz CT molecular complexity index is 1270. The molecule has 4 aromatic rings. The standard InChI is InChI=1S/C25H22N2O4S/c28-22(23-10-5-15-32-23)11-12-24(29)26-14-13-25(30)31-16-21-19-8-2-1-6-17(19)18-7-3-4-9-20(18)27-21/h1-10,15H,11-14,16H2,(H,26,29). The first-order valence-electron chi connectivity index (χ1n) is 10.4. The average Bonchev–Trinajstić information content (AvgIpc) is 3.36. The molecule has 2 heterocycles. The van der Waals surface area contributed by atoms with Crippen molar-refractivity contribution in [2.45, 2.75) is 25.9 Å². The van der Waals surface area contributed by atoms with Gasteiger partial charge in [0, 0.05) is 30.2 Å². The number of benzene rings is 2. The summed E-state index contributed by atoms with van der Waals surface area (Å²) in [5.41, 5.74) is 1.55. The summed E-state index contributed by atoms with van der Waals surface area (Å²) in [5, 5.41) is 7.56. The van der Waals surface area contributed by atoms with Gasteiger partial charge >= 0.3 is 5.97 Å². The molecule has 0 unspecified atom stereocenters. The number of Topliss-reactive ketones (excluding diaryl/α,β-unsaturated/α-hetero) is 1. The zero-order chi connectivity index (χ0) is 22.3. The molecular weight excluding hydrogens is 424 g/mol. The van der Waals surface area contributed by atoms with Crippen molar-refractivity contribution in [3.8, 4) is 0 Å². The van der Waals surface area contributed by atoms with E-state index in [1.54, 1.807) is 12.1 Å². The monoisotopic (exact) mass is 446 g/mol. The third-order valence-corrected chi connectivity index (χ3v) is 5.99. The van der Waals surface area contributed by atoms with Crippen LogP contribution in [0.25, 0.3) is 21.7 Å². The number of fused-ring (bicyclic) bond motifs is 3. The third-order valence-electron chi connectivity index (χ3n) is 5.08. The SMILES string of the molecule is O=C(CCC(=O)c1cccs1)NCCC(=O)OCc1nc2ccccc2c2ccccc12. The van der Waals surface area contributed by atoms with Crippen molar-refractivity contribution in [3.05, 3.63) is 76.6 Å². The summed E-state index contributed by atoms with van der Waals surface area (Å²) in [6, 6.07) is 19.3. The summed E-state index contributed by atoms with van der Waals surface area (Å²) in [6.07, 6.45) is 0.298. The number of nitrogens with zero attached hydrogens (tertiary/aromatic N) is 1. The van der Waals surface area contributed by atoms with E-state index in [0.29, 0.717) is 10.6 Å². The molecule has 0 spiro atoms. The maximum absolute atomic E-state index is 12.2. The van der Waals surface area contributed by atoms with Crippen LogP contribution in [0, 0.1) is 0 Å². The number of ether oxygens (including phenoxy) is 1. The Morgan fingerprint density at radius 3 is 2.38 bits per heavy atom. The number of rotatable bonds is 9.